The summed E-state index contributed by atoms with van der Waals surface area (Å²) in [6.45, 7) is 4.23. The molecular weight excluding hydrogens is 132 g/mol. The van der Waals surface area contributed by atoms with Gasteiger partial charge in [0.1, 0.15) is 0 Å². The zero-order valence-corrected chi connectivity index (χ0v) is 7.31. The van der Waals surface area contributed by atoms with Crippen LogP contribution in [0.15, 0.2) is 24.3 Å². The molecule has 0 N–H and O–H groups in total. The lowest BCUT2D eigenvalue weighted by atomic mass is 9.86. The smallest absolute Gasteiger partial charge is 0.0280 e. The largest absolute Gasteiger partial charge is 0.0617 e. The molecule has 0 unspecified atom stereocenters. The van der Waals surface area contributed by atoms with Crippen LogP contribution < -0.4 is 0 Å². The van der Waals surface area contributed by atoms with Crippen molar-refractivity contribution in [1.82, 2.24) is 0 Å². The number of hydrogen-bond acceptors (Lipinski definition) is 0. The van der Waals surface area contributed by atoms with E-state index in [0.717, 1.165) is 5.56 Å². The van der Waals surface area contributed by atoms with E-state index in [4.69, 9.17) is 4.11 Å². The molecule has 0 radical (unpaired) electrons. The van der Waals surface area contributed by atoms with Gasteiger partial charge in [0.25, 0.3) is 0 Å². The van der Waals surface area contributed by atoms with Gasteiger partial charge in [0, 0.05) is 4.11 Å². The molecule has 0 spiro atoms. The SMILES string of the molecule is [2H]C([2H])([2H])c1cccc(C(C)(C)C)c1. The van der Waals surface area contributed by atoms with Gasteiger partial charge in [-0.3, -0.25) is 0 Å². The van der Waals surface area contributed by atoms with Crippen LogP contribution in [0.1, 0.15) is 36.0 Å². The fraction of sp³-hybridized carbons (Fsp3) is 0.455. The summed E-state index contributed by atoms with van der Waals surface area (Å²) < 4.78 is 21.9. The summed E-state index contributed by atoms with van der Waals surface area (Å²) in [5.74, 6) is 0. The van der Waals surface area contributed by atoms with Crippen molar-refractivity contribution >= 4 is 0 Å². The molecule has 0 aliphatic heterocycles. The van der Waals surface area contributed by atoms with Gasteiger partial charge in [0.15, 0.2) is 0 Å². The third kappa shape index (κ3) is 2.07. The molecule has 0 fully saturated rings. The van der Waals surface area contributed by atoms with Crippen molar-refractivity contribution in [1.29, 1.82) is 0 Å². The monoisotopic (exact) mass is 151 g/mol. The molecule has 0 aromatic heterocycles. The van der Waals surface area contributed by atoms with Crippen molar-refractivity contribution in [2.45, 2.75) is 33.0 Å². The molecule has 0 saturated carbocycles. The van der Waals surface area contributed by atoms with E-state index in [1.807, 2.05) is 12.1 Å². The van der Waals surface area contributed by atoms with Gasteiger partial charge in [-0.2, -0.15) is 0 Å². The van der Waals surface area contributed by atoms with Crippen molar-refractivity contribution in [2.24, 2.45) is 0 Å². The highest BCUT2D eigenvalue weighted by atomic mass is 14.2. The molecular formula is C11H16. The van der Waals surface area contributed by atoms with Crippen molar-refractivity contribution in [2.75, 3.05) is 0 Å². The second kappa shape index (κ2) is 2.69. The standard InChI is InChI=1S/C11H16/c1-9-6-5-7-10(8-9)11(2,3)4/h5-8H,1-4H3/i1D3. The number of aryl methyl sites for hydroxylation is 1. The first-order chi connectivity index (χ1) is 6.21. The second-order valence-corrected chi connectivity index (χ2v) is 3.83. The van der Waals surface area contributed by atoms with Crippen LogP contribution in [-0.2, 0) is 5.41 Å². The summed E-state index contributed by atoms with van der Waals surface area (Å²) in [7, 11) is 0. The van der Waals surface area contributed by atoms with Crippen LogP contribution in [0.25, 0.3) is 0 Å². The van der Waals surface area contributed by atoms with Gasteiger partial charge in [0.05, 0.1) is 0 Å². The Morgan fingerprint density at radius 1 is 1.27 bits per heavy atom. The summed E-state index contributed by atoms with van der Waals surface area (Å²) in [5.41, 5.74) is 1.48. The minimum Gasteiger partial charge on any atom is -0.0617 e. The number of hydrogen-bond donors (Lipinski definition) is 0. The van der Waals surface area contributed by atoms with Crippen LogP contribution >= 0.6 is 0 Å². The topological polar surface area (TPSA) is 0 Å². The minimum atomic E-state index is -2.00. The van der Waals surface area contributed by atoms with Crippen molar-refractivity contribution < 1.29 is 4.11 Å². The molecule has 0 aliphatic carbocycles. The van der Waals surface area contributed by atoms with E-state index in [9.17, 15) is 0 Å². The quantitative estimate of drug-likeness (QED) is 0.533. The molecule has 1 aromatic carbocycles. The summed E-state index contributed by atoms with van der Waals surface area (Å²) in [6.07, 6.45) is 0. The number of benzene rings is 1. The van der Waals surface area contributed by atoms with Crippen molar-refractivity contribution in [3.05, 3.63) is 35.4 Å². The molecule has 0 saturated heterocycles. The van der Waals surface area contributed by atoms with E-state index < -0.39 is 6.85 Å². The maximum absolute atomic E-state index is 7.31. The first kappa shape index (κ1) is 4.97. The maximum atomic E-state index is 7.31. The highest BCUT2D eigenvalue weighted by Gasteiger charge is 2.12. The Bertz CT molecular complexity index is 289. The summed E-state index contributed by atoms with van der Waals surface area (Å²) in [4.78, 5) is 0. The Morgan fingerprint density at radius 2 is 2.00 bits per heavy atom. The summed E-state index contributed by atoms with van der Waals surface area (Å²) in [5, 5.41) is 0. The molecule has 0 nitrogen and oxygen atoms in total. The van der Waals surface area contributed by atoms with E-state index in [1.165, 1.54) is 0 Å². The maximum Gasteiger partial charge on any atom is 0.0280 e. The molecule has 1 aromatic rings. The molecule has 0 aliphatic rings. The molecule has 0 atom stereocenters. The van der Waals surface area contributed by atoms with E-state index in [-0.39, 0.29) is 5.41 Å². The molecule has 0 bridgehead atoms. The van der Waals surface area contributed by atoms with Crippen LogP contribution in [0.5, 0.6) is 0 Å². The van der Waals surface area contributed by atoms with E-state index in [0.29, 0.717) is 5.56 Å². The van der Waals surface area contributed by atoms with Gasteiger partial charge >= 0.3 is 0 Å². The van der Waals surface area contributed by atoms with Crippen molar-refractivity contribution in [3.63, 3.8) is 0 Å². The van der Waals surface area contributed by atoms with Gasteiger partial charge < -0.3 is 0 Å². The van der Waals surface area contributed by atoms with Crippen LogP contribution in [-0.4, -0.2) is 0 Å². The molecule has 1 rings (SSSR count). The number of rotatable bonds is 0. The Kier molecular flexibility index (Phi) is 1.22. The lowest BCUT2D eigenvalue weighted by Gasteiger charge is -2.19. The van der Waals surface area contributed by atoms with Crippen LogP contribution in [0.2, 0.25) is 0 Å². The van der Waals surface area contributed by atoms with Gasteiger partial charge in [-0.15, -0.1) is 0 Å². The van der Waals surface area contributed by atoms with Gasteiger partial charge in [-0.25, -0.2) is 0 Å². The predicted molar refractivity (Wildman–Crippen MR) is 49.9 cm³/mol. The normalized spacial score (nSPS) is 16.8. The lowest BCUT2D eigenvalue weighted by Crippen LogP contribution is -2.10. The van der Waals surface area contributed by atoms with Crippen molar-refractivity contribution in [3.8, 4) is 0 Å². The minimum absolute atomic E-state index is 0.00125. The summed E-state index contributed by atoms with van der Waals surface area (Å²) >= 11 is 0. The highest BCUT2D eigenvalue weighted by molar-refractivity contribution is 5.27. The second-order valence-electron chi connectivity index (χ2n) is 3.83. The Hall–Kier alpha value is -0.780. The van der Waals surface area contributed by atoms with Crippen LogP contribution in [0, 0.1) is 6.85 Å². The lowest BCUT2D eigenvalue weighted by molar-refractivity contribution is 0.590. The van der Waals surface area contributed by atoms with Crippen LogP contribution in [0.4, 0.5) is 0 Å². The predicted octanol–water partition coefficient (Wildman–Crippen LogP) is 3.29. The zero-order valence-electron chi connectivity index (χ0n) is 10.3. The van der Waals surface area contributed by atoms with E-state index >= 15 is 0 Å². The van der Waals surface area contributed by atoms with Crippen LogP contribution in [0.3, 0.4) is 0 Å². The molecule has 11 heavy (non-hydrogen) atoms. The fourth-order valence-corrected chi connectivity index (χ4v) is 0.986. The first-order valence-electron chi connectivity index (χ1n) is 5.32. The Labute approximate surface area is 73.5 Å². The highest BCUT2D eigenvalue weighted by Crippen LogP contribution is 2.22. The van der Waals surface area contributed by atoms with Gasteiger partial charge in [-0.1, -0.05) is 50.6 Å². The zero-order chi connectivity index (χ0) is 11.0. The van der Waals surface area contributed by atoms with E-state index in [2.05, 4.69) is 20.8 Å². The third-order valence-corrected chi connectivity index (χ3v) is 1.73. The van der Waals surface area contributed by atoms with Gasteiger partial charge in [-0.05, 0) is 17.8 Å². The fourth-order valence-electron chi connectivity index (χ4n) is 0.986. The Morgan fingerprint density at radius 3 is 2.55 bits per heavy atom. The molecule has 0 heterocycles. The molecule has 0 amide bonds. The summed E-state index contributed by atoms with van der Waals surface area (Å²) in [6, 6.07) is 7.20. The third-order valence-electron chi connectivity index (χ3n) is 1.73. The average Bonchev–Trinajstić information content (AvgIpc) is 2.01. The van der Waals surface area contributed by atoms with Gasteiger partial charge in [0.2, 0.25) is 0 Å². The average molecular weight is 151 g/mol. The molecule has 60 valence electrons. The molecule has 0 heteroatoms. The Balaban J connectivity index is 3.15. The van der Waals surface area contributed by atoms with E-state index in [1.54, 1.807) is 12.1 Å². The first-order valence-corrected chi connectivity index (χ1v) is 3.82.